The highest BCUT2D eigenvalue weighted by Gasteiger charge is 2.26. The van der Waals surface area contributed by atoms with E-state index in [0.29, 0.717) is 4.47 Å². The SMILES string of the molecule is NS(=O)(=O)c1c(F)cc(Br)cc1NC1CC1. The van der Waals surface area contributed by atoms with E-state index >= 15 is 0 Å². The number of hydrogen-bond donors (Lipinski definition) is 2. The van der Waals surface area contributed by atoms with Gasteiger partial charge >= 0.3 is 0 Å². The van der Waals surface area contributed by atoms with Gasteiger partial charge in [0.1, 0.15) is 10.7 Å². The Hall–Kier alpha value is -0.660. The number of rotatable bonds is 3. The molecule has 0 unspecified atom stereocenters. The highest BCUT2D eigenvalue weighted by Crippen LogP contribution is 2.32. The number of nitrogens with one attached hydrogen (secondary N) is 1. The summed E-state index contributed by atoms with van der Waals surface area (Å²) < 4.78 is 36.6. The van der Waals surface area contributed by atoms with E-state index in [1.54, 1.807) is 0 Å². The Morgan fingerprint density at radius 1 is 1.44 bits per heavy atom. The van der Waals surface area contributed by atoms with Crippen molar-refractivity contribution in [3.05, 3.63) is 22.4 Å². The van der Waals surface area contributed by atoms with Gasteiger partial charge < -0.3 is 5.32 Å². The van der Waals surface area contributed by atoms with Crippen LogP contribution in [0.15, 0.2) is 21.5 Å². The van der Waals surface area contributed by atoms with E-state index in [1.807, 2.05) is 0 Å². The van der Waals surface area contributed by atoms with E-state index in [1.165, 1.54) is 6.07 Å². The molecule has 0 atom stereocenters. The van der Waals surface area contributed by atoms with Crippen LogP contribution < -0.4 is 10.5 Å². The average Bonchev–Trinajstić information content (AvgIpc) is 2.83. The number of benzene rings is 1. The number of anilines is 1. The normalized spacial score (nSPS) is 16.2. The molecule has 0 spiro atoms. The number of halogens is 2. The van der Waals surface area contributed by atoms with Crippen LogP contribution in [0, 0.1) is 5.82 Å². The zero-order valence-corrected chi connectivity index (χ0v) is 10.6. The molecular weight excluding hydrogens is 299 g/mol. The van der Waals surface area contributed by atoms with Crippen LogP contribution in [0.1, 0.15) is 12.8 Å². The van der Waals surface area contributed by atoms with Gasteiger partial charge in [0.25, 0.3) is 0 Å². The molecule has 1 aliphatic rings. The summed E-state index contributed by atoms with van der Waals surface area (Å²) in [6.07, 6.45) is 1.91. The molecule has 1 saturated carbocycles. The van der Waals surface area contributed by atoms with Gasteiger partial charge in [-0.05, 0) is 25.0 Å². The summed E-state index contributed by atoms with van der Waals surface area (Å²) in [4.78, 5) is -0.470. The van der Waals surface area contributed by atoms with Crippen LogP contribution in [0.25, 0.3) is 0 Å². The molecule has 0 aliphatic heterocycles. The van der Waals surface area contributed by atoms with Gasteiger partial charge in [-0.15, -0.1) is 0 Å². The van der Waals surface area contributed by atoms with Crippen LogP contribution in [0.5, 0.6) is 0 Å². The van der Waals surface area contributed by atoms with Gasteiger partial charge in [-0.2, -0.15) is 0 Å². The molecule has 0 saturated heterocycles. The molecule has 88 valence electrons. The molecule has 0 amide bonds. The minimum Gasteiger partial charge on any atom is -0.381 e. The average molecular weight is 309 g/mol. The predicted octanol–water partition coefficient (Wildman–Crippen LogP) is 1.81. The highest BCUT2D eigenvalue weighted by atomic mass is 79.9. The Balaban J connectivity index is 2.54. The van der Waals surface area contributed by atoms with Crippen molar-refractivity contribution >= 4 is 31.6 Å². The third-order valence-electron chi connectivity index (χ3n) is 2.23. The van der Waals surface area contributed by atoms with Crippen molar-refractivity contribution in [1.82, 2.24) is 0 Å². The molecule has 16 heavy (non-hydrogen) atoms. The zero-order chi connectivity index (χ0) is 11.9. The third-order valence-corrected chi connectivity index (χ3v) is 3.67. The second-order valence-corrected chi connectivity index (χ2v) is 6.14. The first-order valence-corrected chi connectivity index (χ1v) is 7.00. The zero-order valence-electron chi connectivity index (χ0n) is 8.20. The molecular formula is C9H10BrFN2O2S. The minimum absolute atomic E-state index is 0.217. The highest BCUT2D eigenvalue weighted by molar-refractivity contribution is 9.10. The second-order valence-electron chi connectivity index (χ2n) is 3.73. The van der Waals surface area contributed by atoms with E-state index in [-0.39, 0.29) is 11.7 Å². The number of hydrogen-bond acceptors (Lipinski definition) is 3. The van der Waals surface area contributed by atoms with Crippen molar-refractivity contribution in [3.63, 3.8) is 0 Å². The fourth-order valence-electron chi connectivity index (χ4n) is 1.40. The lowest BCUT2D eigenvalue weighted by atomic mass is 10.3. The topological polar surface area (TPSA) is 72.2 Å². The summed E-state index contributed by atoms with van der Waals surface area (Å²) in [6.45, 7) is 0. The van der Waals surface area contributed by atoms with Gasteiger partial charge in [-0.3, -0.25) is 0 Å². The smallest absolute Gasteiger partial charge is 0.243 e. The summed E-state index contributed by atoms with van der Waals surface area (Å²) >= 11 is 3.11. The van der Waals surface area contributed by atoms with Gasteiger partial charge in [-0.25, -0.2) is 17.9 Å². The van der Waals surface area contributed by atoms with Crippen molar-refractivity contribution in [2.75, 3.05) is 5.32 Å². The lowest BCUT2D eigenvalue weighted by Gasteiger charge is -2.11. The molecule has 1 fully saturated rings. The maximum Gasteiger partial charge on any atom is 0.243 e. The van der Waals surface area contributed by atoms with Crippen LogP contribution in [0.4, 0.5) is 10.1 Å². The van der Waals surface area contributed by atoms with Crippen LogP contribution >= 0.6 is 15.9 Å². The van der Waals surface area contributed by atoms with E-state index in [0.717, 1.165) is 18.9 Å². The molecule has 3 N–H and O–H groups in total. The second kappa shape index (κ2) is 3.97. The largest absolute Gasteiger partial charge is 0.381 e. The van der Waals surface area contributed by atoms with Crippen molar-refractivity contribution in [2.45, 2.75) is 23.8 Å². The maximum atomic E-state index is 13.5. The minimum atomic E-state index is -4.06. The van der Waals surface area contributed by atoms with E-state index in [4.69, 9.17) is 5.14 Å². The van der Waals surface area contributed by atoms with Gasteiger partial charge in [-0.1, -0.05) is 15.9 Å². The quantitative estimate of drug-likeness (QED) is 0.894. The molecule has 0 radical (unpaired) electrons. The Kier molecular flexibility index (Phi) is 2.93. The van der Waals surface area contributed by atoms with Gasteiger partial charge in [0, 0.05) is 10.5 Å². The lowest BCUT2D eigenvalue weighted by Crippen LogP contribution is -2.17. The first-order chi connectivity index (χ1) is 7.38. The monoisotopic (exact) mass is 308 g/mol. The maximum absolute atomic E-state index is 13.5. The van der Waals surface area contributed by atoms with E-state index < -0.39 is 20.7 Å². The van der Waals surface area contributed by atoms with Crippen molar-refractivity contribution in [2.24, 2.45) is 5.14 Å². The Morgan fingerprint density at radius 2 is 2.06 bits per heavy atom. The first-order valence-electron chi connectivity index (χ1n) is 4.66. The van der Waals surface area contributed by atoms with Crippen LogP contribution in [0.2, 0.25) is 0 Å². The molecule has 1 aromatic carbocycles. The molecule has 2 rings (SSSR count). The summed E-state index contributed by atoms with van der Waals surface area (Å²) in [5.41, 5.74) is 0.219. The first kappa shape index (κ1) is 11.8. The molecule has 7 heteroatoms. The number of sulfonamides is 1. The summed E-state index contributed by atoms with van der Waals surface area (Å²) in [6, 6.07) is 2.81. The Bertz CT molecular complexity index is 529. The predicted molar refractivity (Wildman–Crippen MR) is 62.1 cm³/mol. The summed E-state index contributed by atoms with van der Waals surface area (Å²) in [7, 11) is -4.06. The Morgan fingerprint density at radius 3 is 2.56 bits per heavy atom. The molecule has 1 aliphatic carbocycles. The number of nitrogens with two attached hydrogens (primary N) is 1. The van der Waals surface area contributed by atoms with Crippen molar-refractivity contribution < 1.29 is 12.8 Å². The molecule has 4 nitrogen and oxygen atoms in total. The summed E-state index contributed by atoms with van der Waals surface area (Å²) in [5.74, 6) is -0.847. The van der Waals surface area contributed by atoms with Gasteiger partial charge in [0.2, 0.25) is 10.0 Å². The Labute approximate surface area is 101 Å². The molecule has 0 bridgehead atoms. The molecule has 1 aromatic rings. The lowest BCUT2D eigenvalue weighted by molar-refractivity contribution is 0.568. The number of primary sulfonamides is 1. The van der Waals surface area contributed by atoms with E-state index in [2.05, 4.69) is 21.2 Å². The van der Waals surface area contributed by atoms with Gasteiger partial charge in [0.15, 0.2) is 0 Å². The van der Waals surface area contributed by atoms with E-state index in [9.17, 15) is 12.8 Å². The van der Waals surface area contributed by atoms with Crippen molar-refractivity contribution in [3.8, 4) is 0 Å². The molecule has 0 aromatic heterocycles. The summed E-state index contributed by atoms with van der Waals surface area (Å²) in [5, 5.41) is 7.93. The van der Waals surface area contributed by atoms with Crippen LogP contribution in [-0.4, -0.2) is 14.5 Å². The fraction of sp³-hybridized carbons (Fsp3) is 0.333. The van der Waals surface area contributed by atoms with Crippen LogP contribution in [-0.2, 0) is 10.0 Å². The molecule has 0 heterocycles. The fourth-order valence-corrected chi connectivity index (χ4v) is 2.59. The van der Waals surface area contributed by atoms with Crippen molar-refractivity contribution in [1.29, 1.82) is 0 Å². The third kappa shape index (κ3) is 2.53. The standard InChI is InChI=1S/C9H10BrFN2O2S/c10-5-3-7(11)9(16(12,14)15)8(4-5)13-6-1-2-6/h3-4,6,13H,1-2H2,(H2,12,14,15). The van der Waals surface area contributed by atoms with Crippen LogP contribution in [0.3, 0.4) is 0 Å². The van der Waals surface area contributed by atoms with Gasteiger partial charge in [0.05, 0.1) is 5.69 Å².